The lowest BCUT2D eigenvalue weighted by Gasteiger charge is -2.05. The lowest BCUT2D eigenvalue weighted by molar-refractivity contribution is -0.141. The van der Waals surface area contributed by atoms with E-state index in [0.717, 1.165) is 35.6 Å². The highest BCUT2D eigenvalue weighted by Crippen LogP contribution is 2.21. The number of hydrogen-bond donors (Lipinski definition) is 0. The van der Waals surface area contributed by atoms with E-state index in [-0.39, 0.29) is 28.4 Å². The number of aromatic nitrogens is 1. The number of rotatable bonds is 6. The summed E-state index contributed by atoms with van der Waals surface area (Å²) in [7, 11) is -2.96. The Morgan fingerprint density at radius 2 is 1.87 bits per heavy atom. The van der Waals surface area contributed by atoms with Crippen molar-refractivity contribution in [3.63, 3.8) is 0 Å². The van der Waals surface area contributed by atoms with Crippen LogP contribution in [0.2, 0.25) is 0 Å². The van der Waals surface area contributed by atoms with Gasteiger partial charge in [-0.15, -0.1) is 4.40 Å². The first kappa shape index (κ1) is 21.7. The van der Waals surface area contributed by atoms with Crippen LogP contribution >= 0.6 is 11.3 Å². The van der Waals surface area contributed by atoms with E-state index in [1.807, 2.05) is 0 Å². The molecule has 0 radical (unpaired) electrons. The number of halogens is 1. The number of hydrogen-bond acceptors (Lipinski definition) is 7. The molecule has 2 aromatic carbocycles. The molecule has 0 aliphatic carbocycles. The molecule has 0 aliphatic heterocycles. The average Bonchev–Trinajstić information content (AvgIpc) is 3.03. The molecular formula is C19H17FN2O6S2. The fraction of sp³-hybridized carbons (Fsp3) is 0.211. The predicted octanol–water partition coefficient (Wildman–Crippen LogP) is 2.48. The lowest BCUT2D eigenvalue weighted by Crippen LogP contribution is -2.22. The maximum Gasteiger partial charge on any atom is 0.338 e. The quantitative estimate of drug-likeness (QED) is 0.532. The van der Waals surface area contributed by atoms with E-state index >= 15 is 0 Å². The van der Waals surface area contributed by atoms with Gasteiger partial charge in [0.1, 0.15) is 12.4 Å². The molecule has 11 heteroatoms. The Morgan fingerprint density at radius 1 is 1.17 bits per heavy atom. The number of nitrogens with zero attached hydrogens (tertiary/aromatic N) is 2. The number of carbonyl (C=O) groups is 2. The van der Waals surface area contributed by atoms with E-state index in [0.29, 0.717) is 10.2 Å². The number of carbonyl (C=O) groups excluding carboxylic acids is 2. The molecule has 3 aromatic rings. The number of ether oxygens (including phenoxy) is 2. The van der Waals surface area contributed by atoms with Gasteiger partial charge in [-0.05, 0) is 49.4 Å². The third-order valence-electron chi connectivity index (χ3n) is 4.02. The van der Waals surface area contributed by atoms with Crippen LogP contribution in [0.25, 0.3) is 10.2 Å². The zero-order valence-corrected chi connectivity index (χ0v) is 17.6. The van der Waals surface area contributed by atoms with Gasteiger partial charge in [-0.3, -0.25) is 4.79 Å². The van der Waals surface area contributed by atoms with E-state index in [1.54, 1.807) is 13.0 Å². The van der Waals surface area contributed by atoms with E-state index < -0.39 is 27.8 Å². The molecule has 1 aromatic heterocycles. The largest absolute Gasteiger partial charge is 0.468 e. The average molecular weight is 452 g/mol. The molecule has 0 saturated heterocycles. The van der Waals surface area contributed by atoms with Crippen LogP contribution in [0.15, 0.2) is 51.8 Å². The minimum Gasteiger partial charge on any atom is -0.468 e. The Hall–Kier alpha value is -3.05. The van der Waals surface area contributed by atoms with Crippen molar-refractivity contribution < 1.29 is 31.9 Å². The Kier molecular flexibility index (Phi) is 6.32. The van der Waals surface area contributed by atoms with Crippen LogP contribution in [0, 0.1) is 5.82 Å². The molecule has 0 fully saturated rings. The van der Waals surface area contributed by atoms with Crippen LogP contribution in [0.3, 0.4) is 0 Å². The predicted molar refractivity (Wildman–Crippen MR) is 107 cm³/mol. The van der Waals surface area contributed by atoms with E-state index in [1.165, 1.54) is 23.8 Å². The molecule has 1 heterocycles. The molecule has 0 spiro atoms. The van der Waals surface area contributed by atoms with Crippen LogP contribution in [-0.2, 0) is 30.8 Å². The molecule has 30 heavy (non-hydrogen) atoms. The van der Waals surface area contributed by atoms with Gasteiger partial charge in [0.2, 0.25) is 4.80 Å². The smallest absolute Gasteiger partial charge is 0.338 e. The van der Waals surface area contributed by atoms with Crippen LogP contribution in [0.1, 0.15) is 17.3 Å². The summed E-state index contributed by atoms with van der Waals surface area (Å²) in [6.07, 6.45) is 0. The van der Waals surface area contributed by atoms with Gasteiger partial charge < -0.3 is 14.0 Å². The summed E-state index contributed by atoms with van der Waals surface area (Å²) < 4.78 is 53.9. The lowest BCUT2D eigenvalue weighted by atomic mass is 10.2. The summed E-state index contributed by atoms with van der Waals surface area (Å²) in [5.41, 5.74) is 0.773. The van der Waals surface area contributed by atoms with Gasteiger partial charge >= 0.3 is 11.9 Å². The SMILES string of the molecule is CCOC(=O)c1ccc2c(c1)s/c(=N\S(=O)(=O)c1ccc(F)cc1)n2CC(=O)OC. The van der Waals surface area contributed by atoms with Crippen molar-refractivity contribution in [2.45, 2.75) is 18.4 Å². The minimum absolute atomic E-state index is 0.000680. The maximum absolute atomic E-state index is 13.1. The second-order valence-electron chi connectivity index (χ2n) is 5.97. The number of methoxy groups -OCH3 is 1. The third kappa shape index (κ3) is 4.57. The van der Waals surface area contributed by atoms with Crippen molar-refractivity contribution in [1.29, 1.82) is 0 Å². The summed E-state index contributed by atoms with van der Waals surface area (Å²) in [6, 6.07) is 8.86. The molecule has 0 aliphatic rings. The standard InChI is InChI=1S/C19H17FN2O6S2/c1-3-28-18(24)12-4-9-15-16(10-12)29-19(22(15)11-17(23)27-2)21-30(25,26)14-7-5-13(20)6-8-14/h4-10H,3,11H2,1-2H3/b21-19-. The van der Waals surface area contributed by atoms with Crippen molar-refractivity contribution >= 4 is 43.5 Å². The Bertz CT molecular complexity index is 1280. The molecule has 0 amide bonds. The molecule has 0 unspecified atom stereocenters. The van der Waals surface area contributed by atoms with Gasteiger partial charge in [0.25, 0.3) is 10.0 Å². The Labute approximate surface area is 175 Å². The van der Waals surface area contributed by atoms with Gasteiger partial charge in [-0.25, -0.2) is 9.18 Å². The van der Waals surface area contributed by atoms with Crippen LogP contribution in [-0.4, -0.2) is 38.6 Å². The maximum atomic E-state index is 13.1. The first-order valence-electron chi connectivity index (χ1n) is 8.69. The van der Waals surface area contributed by atoms with Gasteiger partial charge in [0.15, 0.2) is 0 Å². The third-order valence-corrected chi connectivity index (χ3v) is 6.46. The van der Waals surface area contributed by atoms with Gasteiger partial charge in [0.05, 0.1) is 34.4 Å². The highest BCUT2D eigenvalue weighted by Gasteiger charge is 2.18. The number of sulfonamides is 1. The minimum atomic E-state index is -4.17. The molecule has 3 rings (SSSR count). The molecular weight excluding hydrogens is 435 g/mol. The van der Waals surface area contributed by atoms with E-state index in [2.05, 4.69) is 9.13 Å². The summed E-state index contributed by atoms with van der Waals surface area (Å²) in [6.45, 7) is 1.61. The Balaban J connectivity index is 2.19. The fourth-order valence-corrected chi connectivity index (χ4v) is 4.86. The highest BCUT2D eigenvalue weighted by molar-refractivity contribution is 7.90. The van der Waals surface area contributed by atoms with Crippen molar-refractivity contribution in [2.24, 2.45) is 4.40 Å². The number of fused-ring (bicyclic) bond motifs is 1. The summed E-state index contributed by atoms with van der Waals surface area (Å²) in [5, 5.41) is 0. The highest BCUT2D eigenvalue weighted by atomic mass is 32.2. The first-order chi connectivity index (χ1) is 14.2. The molecule has 0 N–H and O–H groups in total. The molecule has 0 saturated carbocycles. The zero-order chi connectivity index (χ0) is 21.9. The number of benzene rings is 2. The molecule has 0 bridgehead atoms. The van der Waals surface area contributed by atoms with Crippen molar-refractivity contribution in [3.05, 3.63) is 58.6 Å². The van der Waals surface area contributed by atoms with E-state index in [4.69, 9.17) is 4.74 Å². The van der Waals surface area contributed by atoms with Gasteiger partial charge in [0, 0.05) is 0 Å². The van der Waals surface area contributed by atoms with Gasteiger partial charge in [-0.2, -0.15) is 8.42 Å². The molecule has 158 valence electrons. The fourth-order valence-electron chi connectivity index (χ4n) is 2.59. The molecule has 8 nitrogen and oxygen atoms in total. The topological polar surface area (TPSA) is 104 Å². The number of esters is 2. The zero-order valence-electron chi connectivity index (χ0n) is 16.0. The Morgan fingerprint density at radius 3 is 2.50 bits per heavy atom. The van der Waals surface area contributed by atoms with Crippen molar-refractivity contribution in [3.8, 4) is 0 Å². The first-order valence-corrected chi connectivity index (χ1v) is 10.9. The monoisotopic (exact) mass is 452 g/mol. The van der Waals surface area contributed by atoms with Crippen LogP contribution in [0.4, 0.5) is 4.39 Å². The van der Waals surface area contributed by atoms with Gasteiger partial charge in [-0.1, -0.05) is 11.3 Å². The number of thiazole rings is 1. The molecule has 0 atom stereocenters. The normalized spacial score (nSPS) is 12.2. The van der Waals surface area contributed by atoms with Crippen molar-refractivity contribution in [1.82, 2.24) is 4.57 Å². The van der Waals surface area contributed by atoms with E-state index in [9.17, 15) is 22.4 Å². The second-order valence-corrected chi connectivity index (χ2v) is 8.58. The van der Waals surface area contributed by atoms with Crippen LogP contribution < -0.4 is 4.80 Å². The summed E-state index contributed by atoms with van der Waals surface area (Å²) >= 11 is 0.978. The summed E-state index contributed by atoms with van der Waals surface area (Å²) in [5.74, 6) is -1.71. The summed E-state index contributed by atoms with van der Waals surface area (Å²) in [4.78, 5) is 23.7. The second kappa shape index (κ2) is 8.76. The van der Waals surface area contributed by atoms with Crippen molar-refractivity contribution in [2.75, 3.05) is 13.7 Å². The van der Waals surface area contributed by atoms with Crippen LogP contribution in [0.5, 0.6) is 0 Å².